The lowest BCUT2D eigenvalue weighted by Crippen LogP contribution is -2.16. The molecule has 0 spiro atoms. The highest BCUT2D eigenvalue weighted by Gasteiger charge is 2.20. The lowest BCUT2D eigenvalue weighted by molar-refractivity contribution is 0.522. The van der Waals surface area contributed by atoms with Crippen LogP contribution in [0.15, 0.2) is 18.2 Å². The molecule has 1 aromatic rings. The summed E-state index contributed by atoms with van der Waals surface area (Å²) in [6.07, 6.45) is 0. The number of thiocarbonyl (C=S) groups is 1. The van der Waals surface area contributed by atoms with Crippen LogP contribution in [-0.2, 0) is 5.41 Å². The number of hydrogen-bond acceptors (Lipinski definition) is 1. The fourth-order valence-electron chi connectivity index (χ4n) is 1.43. The number of halogens is 1. The average molecular weight is 196 g/mol. The van der Waals surface area contributed by atoms with Crippen molar-refractivity contribution in [2.24, 2.45) is 0 Å². The van der Waals surface area contributed by atoms with Crippen molar-refractivity contribution in [1.82, 2.24) is 0 Å². The molecule has 1 aromatic carbocycles. The molecule has 13 heavy (non-hydrogen) atoms. The quantitative estimate of drug-likeness (QED) is 0.620. The lowest BCUT2D eigenvalue weighted by Gasteiger charge is -2.21. The monoisotopic (exact) mass is 196 g/mol. The first-order valence-electron chi connectivity index (χ1n) is 4.21. The van der Waals surface area contributed by atoms with Gasteiger partial charge in [0.2, 0.25) is 0 Å². The second-order valence-electron chi connectivity index (χ2n) is 4.07. The first-order valence-corrected chi connectivity index (χ1v) is 4.68. The van der Waals surface area contributed by atoms with Gasteiger partial charge in [-0.2, -0.15) is 0 Å². The first-order chi connectivity index (χ1) is 5.96. The summed E-state index contributed by atoms with van der Waals surface area (Å²) < 4.78 is 13.5. The maximum absolute atomic E-state index is 13.5. The van der Waals surface area contributed by atoms with E-state index in [9.17, 15) is 4.39 Å². The highest BCUT2D eigenvalue weighted by molar-refractivity contribution is 7.79. The Hall–Kier alpha value is -0.760. The molecule has 0 fully saturated rings. The molecule has 0 unspecified atom stereocenters. The fourth-order valence-corrected chi connectivity index (χ4v) is 1.63. The van der Waals surface area contributed by atoms with Crippen molar-refractivity contribution < 1.29 is 4.39 Å². The van der Waals surface area contributed by atoms with Crippen LogP contribution in [0.2, 0.25) is 0 Å². The van der Waals surface area contributed by atoms with Crippen molar-refractivity contribution in [3.63, 3.8) is 0 Å². The lowest BCUT2D eigenvalue weighted by atomic mass is 9.84. The summed E-state index contributed by atoms with van der Waals surface area (Å²) in [7, 11) is 0. The Bertz CT molecular complexity index is 323. The Morgan fingerprint density at radius 3 is 2.31 bits per heavy atom. The van der Waals surface area contributed by atoms with E-state index in [0.717, 1.165) is 5.56 Å². The van der Waals surface area contributed by atoms with E-state index in [-0.39, 0.29) is 11.2 Å². The van der Waals surface area contributed by atoms with Crippen LogP contribution in [0.3, 0.4) is 0 Å². The van der Waals surface area contributed by atoms with Gasteiger partial charge in [0, 0.05) is 10.9 Å². The van der Waals surface area contributed by atoms with Crippen LogP contribution in [0.25, 0.3) is 0 Å². The maximum Gasteiger partial charge on any atom is 0.127 e. The molecule has 0 nitrogen and oxygen atoms in total. The van der Waals surface area contributed by atoms with Crippen LogP contribution in [0, 0.1) is 5.82 Å². The normalized spacial score (nSPS) is 11.4. The molecule has 0 saturated heterocycles. The summed E-state index contributed by atoms with van der Waals surface area (Å²) in [4.78, 5) is 0. The fraction of sp³-hybridized carbons (Fsp3) is 0.364. The smallest absolute Gasteiger partial charge is 0.127 e. The van der Waals surface area contributed by atoms with Gasteiger partial charge in [-0.3, -0.25) is 0 Å². The van der Waals surface area contributed by atoms with Gasteiger partial charge in [-0.15, -0.1) is 0 Å². The standard InChI is InChI=1S/C11H13FS/c1-11(2,3)10-8(7-13)5-4-6-9(10)12/h4-7H,1-3H3. The summed E-state index contributed by atoms with van der Waals surface area (Å²) in [6.45, 7) is 5.94. The van der Waals surface area contributed by atoms with Crippen molar-refractivity contribution in [1.29, 1.82) is 0 Å². The topological polar surface area (TPSA) is 0 Å². The largest absolute Gasteiger partial charge is 0.207 e. The molecule has 0 bridgehead atoms. The minimum absolute atomic E-state index is 0.175. The van der Waals surface area contributed by atoms with E-state index in [1.807, 2.05) is 26.8 Å². The molecule has 0 N–H and O–H groups in total. The van der Waals surface area contributed by atoms with E-state index in [1.165, 1.54) is 11.4 Å². The zero-order valence-corrected chi connectivity index (χ0v) is 8.91. The van der Waals surface area contributed by atoms with Gasteiger partial charge in [-0.1, -0.05) is 45.1 Å². The Morgan fingerprint density at radius 2 is 1.92 bits per heavy atom. The predicted octanol–water partition coefficient (Wildman–Crippen LogP) is 3.47. The minimum atomic E-state index is -0.198. The molecule has 0 heterocycles. The van der Waals surface area contributed by atoms with Crippen LogP contribution in [0.1, 0.15) is 31.9 Å². The zero-order valence-electron chi connectivity index (χ0n) is 8.10. The van der Waals surface area contributed by atoms with Gasteiger partial charge in [0.1, 0.15) is 5.82 Å². The second kappa shape index (κ2) is 3.54. The predicted molar refractivity (Wildman–Crippen MR) is 57.9 cm³/mol. The summed E-state index contributed by atoms with van der Waals surface area (Å²) >= 11 is 4.84. The van der Waals surface area contributed by atoms with E-state index in [1.54, 1.807) is 6.07 Å². The van der Waals surface area contributed by atoms with Crippen LogP contribution in [0.5, 0.6) is 0 Å². The summed E-state index contributed by atoms with van der Waals surface area (Å²) in [5.41, 5.74) is 1.31. The molecule has 1 rings (SSSR count). The van der Waals surface area contributed by atoms with Gasteiger partial charge in [0.15, 0.2) is 0 Å². The van der Waals surface area contributed by atoms with E-state index < -0.39 is 0 Å². The van der Waals surface area contributed by atoms with Crippen molar-refractivity contribution in [3.8, 4) is 0 Å². The third-order valence-corrected chi connectivity index (χ3v) is 2.18. The Balaban J connectivity index is 3.40. The minimum Gasteiger partial charge on any atom is -0.207 e. The molecular formula is C11H13FS. The van der Waals surface area contributed by atoms with Crippen LogP contribution in [-0.4, -0.2) is 5.37 Å². The van der Waals surface area contributed by atoms with Gasteiger partial charge in [0.05, 0.1) is 0 Å². The zero-order chi connectivity index (χ0) is 10.1. The molecule has 0 aliphatic carbocycles. The van der Waals surface area contributed by atoms with Crippen molar-refractivity contribution >= 4 is 17.6 Å². The van der Waals surface area contributed by atoms with Gasteiger partial charge < -0.3 is 0 Å². The molecule has 0 amide bonds. The molecule has 0 atom stereocenters. The molecule has 2 heteroatoms. The molecule has 0 aliphatic rings. The Morgan fingerprint density at radius 1 is 1.31 bits per heavy atom. The summed E-state index contributed by atoms with van der Waals surface area (Å²) in [5.74, 6) is -0.175. The average Bonchev–Trinajstić information content (AvgIpc) is 2.01. The molecule has 70 valence electrons. The molecule has 0 saturated carbocycles. The van der Waals surface area contributed by atoms with Crippen molar-refractivity contribution in [2.45, 2.75) is 26.2 Å². The van der Waals surface area contributed by atoms with Gasteiger partial charge in [-0.25, -0.2) is 4.39 Å². The molecule has 0 aromatic heterocycles. The van der Waals surface area contributed by atoms with Crippen molar-refractivity contribution in [3.05, 3.63) is 35.1 Å². The van der Waals surface area contributed by atoms with E-state index in [0.29, 0.717) is 5.56 Å². The Labute approximate surface area is 83.8 Å². The second-order valence-corrected chi connectivity index (χ2v) is 4.31. The van der Waals surface area contributed by atoms with Crippen molar-refractivity contribution in [2.75, 3.05) is 0 Å². The molecule has 0 radical (unpaired) electrons. The van der Waals surface area contributed by atoms with E-state index >= 15 is 0 Å². The van der Waals surface area contributed by atoms with Crippen LogP contribution >= 0.6 is 12.2 Å². The third kappa shape index (κ3) is 2.13. The SMILES string of the molecule is CC(C)(C)c1c(F)cccc1C=S. The Kier molecular flexibility index (Phi) is 2.81. The highest BCUT2D eigenvalue weighted by Crippen LogP contribution is 2.27. The van der Waals surface area contributed by atoms with Gasteiger partial charge >= 0.3 is 0 Å². The molecular weight excluding hydrogens is 183 g/mol. The molecule has 0 aliphatic heterocycles. The number of hydrogen-bond donors (Lipinski definition) is 0. The van der Waals surface area contributed by atoms with Crippen LogP contribution < -0.4 is 0 Å². The van der Waals surface area contributed by atoms with E-state index in [4.69, 9.17) is 12.2 Å². The highest BCUT2D eigenvalue weighted by atomic mass is 32.1. The van der Waals surface area contributed by atoms with Gasteiger partial charge in [-0.05, 0) is 17.0 Å². The van der Waals surface area contributed by atoms with E-state index in [2.05, 4.69) is 0 Å². The summed E-state index contributed by atoms with van der Waals surface area (Å²) in [5, 5.41) is 1.53. The summed E-state index contributed by atoms with van der Waals surface area (Å²) in [6, 6.07) is 5.00. The van der Waals surface area contributed by atoms with Crippen LogP contribution in [0.4, 0.5) is 4.39 Å². The first kappa shape index (κ1) is 10.3. The van der Waals surface area contributed by atoms with Gasteiger partial charge in [0.25, 0.3) is 0 Å². The number of benzene rings is 1. The number of rotatable bonds is 1. The maximum atomic E-state index is 13.5. The third-order valence-electron chi connectivity index (χ3n) is 1.92.